The van der Waals surface area contributed by atoms with Gasteiger partial charge in [-0.3, -0.25) is 9.10 Å². The Hall–Kier alpha value is -2.38. The molecule has 6 nitrogen and oxygen atoms in total. The molecule has 144 valence electrons. The monoisotopic (exact) mass is 388 g/mol. The molecule has 0 aliphatic carbocycles. The fraction of sp³-hybridized carbons (Fsp3) is 0.350. The summed E-state index contributed by atoms with van der Waals surface area (Å²) in [5.74, 6) is -0.226. The zero-order chi connectivity index (χ0) is 19.4. The molecule has 0 aromatic heterocycles. The number of ether oxygens (including phenoxy) is 1. The van der Waals surface area contributed by atoms with E-state index < -0.39 is 10.0 Å². The van der Waals surface area contributed by atoms with Gasteiger partial charge in [-0.15, -0.1) is 0 Å². The first-order valence-electron chi connectivity index (χ1n) is 8.90. The molecule has 0 spiro atoms. The Kier molecular flexibility index (Phi) is 5.82. The van der Waals surface area contributed by atoms with Crippen molar-refractivity contribution >= 4 is 21.6 Å². The fourth-order valence-corrected chi connectivity index (χ4v) is 4.38. The molecule has 0 saturated carbocycles. The first-order valence-corrected chi connectivity index (χ1v) is 10.3. The molecule has 0 N–H and O–H groups in total. The van der Waals surface area contributed by atoms with Crippen molar-refractivity contribution in [2.45, 2.75) is 18.7 Å². The first-order chi connectivity index (χ1) is 12.9. The van der Waals surface area contributed by atoms with Gasteiger partial charge in [-0.2, -0.15) is 0 Å². The first kappa shape index (κ1) is 19.4. The van der Waals surface area contributed by atoms with Crippen molar-refractivity contribution in [3.05, 3.63) is 59.7 Å². The van der Waals surface area contributed by atoms with Crippen LogP contribution in [-0.4, -0.2) is 52.1 Å². The minimum absolute atomic E-state index is 0.165. The smallest absolute Gasteiger partial charge is 0.264 e. The number of aryl methyl sites for hydroxylation is 2. The third kappa shape index (κ3) is 4.31. The van der Waals surface area contributed by atoms with Crippen molar-refractivity contribution in [1.29, 1.82) is 0 Å². The lowest BCUT2D eigenvalue weighted by atomic mass is 10.1. The topological polar surface area (TPSA) is 66.9 Å². The number of carbonyl (C=O) groups excluding carboxylic acids is 1. The molecule has 0 atom stereocenters. The molecule has 0 bridgehead atoms. The second-order valence-corrected chi connectivity index (χ2v) is 8.45. The third-order valence-corrected chi connectivity index (χ3v) is 6.54. The maximum Gasteiger partial charge on any atom is 0.264 e. The normalized spacial score (nSPS) is 14.8. The van der Waals surface area contributed by atoms with Gasteiger partial charge < -0.3 is 9.64 Å². The number of morpholine rings is 1. The Morgan fingerprint density at radius 3 is 2.33 bits per heavy atom. The van der Waals surface area contributed by atoms with Crippen LogP contribution in [0.5, 0.6) is 0 Å². The minimum Gasteiger partial charge on any atom is -0.378 e. The fourth-order valence-electron chi connectivity index (χ4n) is 2.95. The van der Waals surface area contributed by atoms with E-state index in [2.05, 4.69) is 0 Å². The number of anilines is 1. The van der Waals surface area contributed by atoms with Crippen molar-refractivity contribution in [3.8, 4) is 0 Å². The second kappa shape index (κ2) is 8.10. The second-order valence-electron chi connectivity index (χ2n) is 6.59. The number of hydrogen-bond donors (Lipinski definition) is 0. The van der Waals surface area contributed by atoms with E-state index in [1.165, 1.54) is 4.31 Å². The lowest BCUT2D eigenvalue weighted by Crippen LogP contribution is -2.47. The van der Waals surface area contributed by atoms with Crippen molar-refractivity contribution in [3.63, 3.8) is 0 Å². The van der Waals surface area contributed by atoms with E-state index in [1.807, 2.05) is 26.0 Å². The molecule has 1 amide bonds. The van der Waals surface area contributed by atoms with Crippen molar-refractivity contribution < 1.29 is 17.9 Å². The minimum atomic E-state index is -3.86. The van der Waals surface area contributed by atoms with E-state index in [9.17, 15) is 13.2 Å². The molecule has 0 unspecified atom stereocenters. The molecule has 27 heavy (non-hydrogen) atoms. The number of nitrogens with zero attached hydrogens (tertiary/aromatic N) is 2. The Labute approximate surface area is 160 Å². The summed E-state index contributed by atoms with van der Waals surface area (Å²) in [5, 5.41) is 0. The quantitative estimate of drug-likeness (QED) is 0.789. The summed E-state index contributed by atoms with van der Waals surface area (Å²) < 4.78 is 33.0. The van der Waals surface area contributed by atoms with E-state index in [0.717, 1.165) is 11.1 Å². The van der Waals surface area contributed by atoms with Gasteiger partial charge >= 0.3 is 0 Å². The number of amides is 1. The maximum atomic E-state index is 13.3. The summed E-state index contributed by atoms with van der Waals surface area (Å²) in [6.45, 7) is 5.56. The van der Waals surface area contributed by atoms with Crippen LogP contribution in [0.1, 0.15) is 11.1 Å². The summed E-state index contributed by atoms with van der Waals surface area (Å²) in [5.41, 5.74) is 2.53. The van der Waals surface area contributed by atoms with Crippen molar-refractivity contribution in [1.82, 2.24) is 4.90 Å². The van der Waals surface area contributed by atoms with Gasteiger partial charge in [0.15, 0.2) is 0 Å². The average molecular weight is 388 g/mol. The Bertz CT molecular complexity index is 907. The SMILES string of the molecule is Cc1ccc(N(CC(=O)N2CCOCC2)S(=O)(=O)c2ccccc2)cc1C. The van der Waals surface area contributed by atoms with Crippen LogP contribution in [-0.2, 0) is 19.6 Å². The lowest BCUT2D eigenvalue weighted by Gasteiger charge is -2.30. The number of sulfonamides is 1. The highest BCUT2D eigenvalue weighted by atomic mass is 32.2. The van der Waals surface area contributed by atoms with Gasteiger partial charge in [0.25, 0.3) is 10.0 Å². The van der Waals surface area contributed by atoms with Gasteiger partial charge in [0, 0.05) is 13.1 Å². The molecule has 1 aliphatic heterocycles. The van der Waals surface area contributed by atoms with E-state index in [4.69, 9.17) is 4.74 Å². The van der Waals surface area contributed by atoms with Crippen LogP contribution in [0.4, 0.5) is 5.69 Å². The Morgan fingerprint density at radius 1 is 1.04 bits per heavy atom. The number of hydrogen-bond acceptors (Lipinski definition) is 4. The average Bonchev–Trinajstić information content (AvgIpc) is 2.69. The number of benzene rings is 2. The molecule has 7 heteroatoms. The van der Waals surface area contributed by atoms with Gasteiger partial charge in [-0.1, -0.05) is 24.3 Å². The molecule has 2 aromatic carbocycles. The van der Waals surface area contributed by atoms with E-state index >= 15 is 0 Å². The standard InChI is InChI=1S/C20H24N2O4S/c1-16-8-9-18(14-17(16)2)22(15-20(23)21-10-12-26-13-11-21)27(24,25)19-6-4-3-5-7-19/h3-9,14H,10-13,15H2,1-2H3. The van der Waals surface area contributed by atoms with Crippen molar-refractivity contribution in [2.75, 3.05) is 37.2 Å². The van der Waals surface area contributed by atoms with Gasteiger partial charge in [0.05, 0.1) is 23.8 Å². The highest BCUT2D eigenvalue weighted by molar-refractivity contribution is 7.92. The van der Waals surface area contributed by atoms with Crippen LogP contribution in [0, 0.1) is 13.8 Å². The molecule has 1 saturated heterocycles. The van der Waals surface area contributed by atoms with E-state index in [-0.39, 0.29) is 17.3 Å². The predicted molar refractivity (Wildman–Crippen MR) is 104 cm³/mol. The molecule has 3 rings (SSSR count). The molecule has 0 radical (unpaired) electrons. The number of rotatable bonds is 5. The largest absolute Gasteiger partial charge is 0.378 e. The molecule has 1 fully saturated rings. The van der Waals surface area contributed by atoms with Gasteiger partial charge in [0.1, 0.15) is 6.54 Å². The van der Waals surface area contributed by atoms with Gasteiger partial charge in [0.2, 0.25) is 5.91 Å². The summed E-state index contributed by atoms with van der Waals surface area (Å²) in [7, 11) is -3.86. The highest BCUT2D eigenvalue weighted by Gasteiger charge is 2.29. The molecule has 1 heterocycles. The van der Waals surface area contributed by atoms with Crippen LogP contribution in [0.15, 0.2) is 53.4 Å². The van der Waals surface area contributed by atoms with E-state index in [0.29, 0.717) is 32.0 Å². The molecule has 2 aromatic rings. The van der Waals surface area contributed by atoms with Crippen molar-refractivity contribution in [2.24, 2.45) is 0 Å². The Morgan fingerprint density at radius 2 is 1.70 bits per heavy atom. The predicted octanol–water partition coefficient (Wildman–Crippen LogP) is 2.36. The summed E-state index contributed by atoms with van der Waals surface area (Å²) in [4.78, 5) is 14.6. The van der Waals surface area contributed by atoms with Gasteiger partial charge in [-0.05, 0) is 49.2 Å². The molecular weight excluding hydrogens is 364 g/mol. The summed E-state index contributed by atoms with van der Waals surface area (Å²) >= 11 is 0. The molecule has 1 aliphatic rings. The zero-order valence-electron chi connectivity index (χ0n) is 15.6. The third-order valence-electron chi connectivity index (χ3n) is 4.75. The number of carbonyl (C=O) groups is 1. The van der Waals surface area contributed by atoms with Gasteiger partial charge in [-0.25, -0.2) is 8.42 Å². The summed E-state index contributed by atoms with van der Waals surface area (Å²) in [6, 6.07) is 13.6. The summed E-state index contributed by atoms with van der Waals surface area (Å²) in [6.07, 6.45) is 0. The lowest BCUT2D eigenvalue weighted by molar-refractivity contribution is -0.133. The zero-order valence-corrected chi connectivity index (χ0v) is 16.4. The Balaban J connectivity index is 1.98. The highest BCUT2D eigenvalue weighted by Crippen LogP contribution is 2.26. The molecular formula is C20H24N2O4S. The van der Waals surface area contributed by atoms with Crippen LogP contribution < -0.4 is 4.31 Å². The van der Waals surface area contributed by atoms with Crippen LogP contribution in [0.2, 0.25) is 0 Å². The van der Waals surface area contributed by atoms with E-state index in [1.54, 1.807) is 41.3 Å². The maximum absolute atomic E-state index is 13.3. The van der Waals surface area contributed by atoms with Crippen LogP contribution in [0.25, 0.3) is 0 Å². The van der Waals surface area contributed by atoms with Crippen LogP contribution in [0.3, 0.4) is 0 Å². The van der Waals surface area contributed by atoms with Crippen LogP contribution >= 0.6 is 0 Å².